The molecule has 108 valence electrons. The van der Waals surface area contributed by atoms with Gasteiger partial charge in [0.05, 0.1) is 16.0 Å². The van der Waals surface area contributed by atoms with Crippen LogP contribution < -0.4 is 10.6 Å². The molecule has 0 bridgehead atoms. The largest absolute Gasteiger partial charge is 0.480 e. The van der Waals surface area contributed by atoms with E-state index in [9.17, 15) is 19.7 Å². The summed E-state index contributed by atoms with van der Waals surface area (Å²) >= 11 is 2.99. The molecule has 0 fully saturated rings. The number of rotatable bonds is 5. The molecule has 1 atom stereocenters. The van der Waals surface area contributed by atoms with Gasteiger partial charge >= 0.3 is 12.0 Å². The Bertz CT molecular complexity index is 550. The van der Waals surface area contributed by atoms with Crippen LogP contribution in [0.1, 0.15) is 0 Å². The summed E-state index contributed by atoms with van der Waals surface area (Å²) in [5, 5.41) is 32.3. The van der Waals surface area contributed by atoms with Gasteiger partial charge in [0.25, 0.3) is 5.69 Å². The first kappa shape index (κ1) is 15.9. The second-order valence-electron chi connectivity index (χ2n) is 3.60. The first-order valence-electron chi connectivity index (χ1n) is 5.20. The van der Waals surface area contributed by atoms with Crippen molar-refractivity contribution in [3.63, 3.8) is 0 Å². The van der Waals surface area contributed by atoms with Gasteiger partial charge in [-0.1, -0.05) is 0 Å². The Kier molecular flexibility index (Phi) is 5.41. The van der Waals surface area contributed by atoms with Gasteiger partial charge in [0, 0.05) is 11.8 Å². The monoisotopic (exact) mass is 347 g/mol. The van der Waals surface area contributed by atoms with Gasteiger partial charge in [0.2, 0.25) is 0 Å². The van der Waals surface area contributed by atoms with Crippen LogP contribution in [0, 0.1) is 10.1 Å². The zero-order valence-electron chi connectivity index (χ0n) is 9.87. The van der Waals surface area contributed by atoms with Crippen LogP contribution >= 0.6 is 15.9 Å². The number of benzene rings is 1. The fourth-order valence-corrected chi connectivity index (χ4v) is 1.63. The number of hydrogen-bond acceptors (Lipinski definition) is 5. The molecule has 1 unspecified atom stereocenters. The zero-order chi connectivity index (χ0) is 15.3. The number of nitro groups is 1. The number of urea groups is 1. The third kappa shape index (κ3) is 4.17. The molecule has 0 saturated heterocycles. The average Bonchev–Trinajstić information content (AvgIpc) is 2.37. The van der Waals surface area contributed by atoms with Gasteiger partial charge in [-0.15, -0.1) is 0 Å². The molecule has 0 aliphatic carbocycles. The van der Waals surface area contributed by atoms with Gasteiger partial charge in [-0.3, -0.25) is 10.1 Å². The maximum atomic E-state index is 11.5. The van der Waals surface area contributed by atoms with Crippen LogP contribution in [0.3, 0.4) is 0 Å². The number of aliphatic hydroxyl groups is 1. The maximum absolute atomic E-state index is 11.5. The van der Waals surface area contributed by atoms with Crippen molar-refractivity contribution in [3.8, 4) is 0 Å². The van der Waals surface area contributed by atoms with Gasteiger partial charge in [-0.05, 0) is 28.1 Å². The molecule has 1 rings (SSSR count). The van der Waals surface area contributed by atoms with Crippen molar-refractivity contribution >= 4 is 39.3 Å². The Morgan fingerprint density at radius 3 is 2.60 bits per heavy atom. The standard InChI is InChI=1S/C10H10BrN3O6/c11-6-2-1-5(3-8(6)14(19)20)12-10(18)13-7(4-15)9(16)17/h1-3,7,15H,4H2,(H,16,17)(H2,12,13,18). The number of halogens is 1. The highest BCUT2D eigenvalue weighted by molar-refractivity contribution is 9.10. The topological polar surface area (TPSA) is 142 Å². The lowest BCUT2D eigenvalue weighted by molar-refractivity contribution is -0.385. The number of nitrogens with one attached hydrogen (secondary N) is 2. The first-order valence-corrected chi connectivity index (χ1v) is 5.99. The molecule has 0 aliphatic rings. The number of hydrogen-bond donors (Lipinski definition) is 4. The summed E-state index contributed by atoms with van der Waals surface area (Å²) in [4.78, 5) is 32.2. The summed E-state index contributed by atoms with van der Waals surface area (Å²) in [5.41, 5.74) is -0.140. The number of carboxylic acids is 1. The molecule has 0 heterocycles. The van der Waals surface area contributed by atoms with E-state index in [2.05, 4.69) is 21.2 Å². The predicted molar refractivity (Wildman–Crippen MR) is 71.5 cm³/mol. The number of anilines is 1. The highest BCUT2D eigenvalue weighted by Crippen LogP contribution is 2.27. The van der Waals surface area contributed by atoms with E-state index in [1.165, 1.54) is 12.1 Å². The van der Waals surface area contributed by atoms with Crippen LogP contribution in [0.2, 0.25) is 0 Å². The molecule has 0 saturated carbocycles. The van der Waals surface area contributed by atoms with Crippen molar-refractivity contribution in [2.24, 2.45) is 0 Å². The number of nitrogens with zero attached hydrogens (tertiary/aromatic N) is 1. The van der Waals surface area contributed by atoms with Crippen molar-refractivity contribution in [3.05, 3.63) is 32.8 Å². The number of nitro benzene ring substituents is 1. The van der Waals surface area contributed by atoms with Gasteiger partial charge < -0.3 is 20.8 Å². The molecule has 9 nitrogen and oxygen atoms in total. The molecule has 0 spiro atoms. The highest BCUT2D eigenvalue weighted by atomic mass is 79.9. The Morgan fingerprint density at radius 2 is 2.10 bits per heavy atom. The molecule has 0 radical (unpaired) electrons. The molecular formula is C10H10BrN3O6. The lowest BCUT2D eigenvalue weighted by Gasteiger charge is -2.12. The minimum absolute atomic E-state index is 0.111. The van der Waals surface area contributed by atoms with Crippen molar-refractivity contribution < 1.29 is 24.7 Å². The number of aliphatic carboxylic acids is 1. The molecule has 0 aliphatic heterocycles. The summed E-state index contributed by atoms with van der Waals surface area (Å²) in [7, 11) is 0. The molecule has 4 N–H and O–H groups in total. The lowest BCUT2D eigenvalue weighted by Crippen LogP contribution is -2.45. The maximum Gasteiger partial charge on any atom is 0.328 e. The van der Waals surface area contributed by atoms with Gasteiger partial charge in [0.15, 0.2) is 6.04 Å². The number of aliphatic hydroxyl groups excluding tert-OH is 1. The van der Waals surface area contributed by atoms with E-state index in [0.29, 0.717) is 0 Å². The second kappa shape index (κ2) is 6.82. The van der Waals surface area contributed by atoms with E-state index in [1.54, 1.807) is 0 Å². The molecule has 20 heavy (non-hydrogen) atoms. The first-order chi connectivity index (χ1) is 9.35. The van der Waals surface area contributed by atoms with Crippen LogP contribution in [-0.2, 0) is 4.79 Å². The number of carbonyl (C=O) groups is 2. The quantitative estimate of drug-likeness (QED) is 0.461. The second-order valence-corrected chi connectivity index (χ2v) is 4.45. The zero-order valence-corrected chi connectivity index (χ0v) is 11.5. The van der Waals surface area contributed by atoms with Crippen molar-refractivity contribution in [1.82, 2.24) is 5.32 Å². The number of carbonyl (C=O) groups excluding carboxylic acids is 1. The Labute approximate surface area is 120 Å². The molecule has 0 aromatic heterocycles. The van der Waals surface area contributed by atoms with E-state index in [4.69, 9.17) is 10.2 Å². The minimum atomic E-state index is -1.46. The van der Waals surface area contributed by atoms with Crippen LogP contribution in [0.25, 0.3) is 0 Å². The number of carboxylic acid groups (broad SMARTS) is 1. The normalized spacial score (nSPS) is 11.5. The van der Waals surface area contributed by atoms with Crippen LogP contribution in [0.5, 0.6) is 0 Å². The number of amides is 2. The Hall–Kier alpha value is -2.20. The fourth-order valence-electron chi connectivity index (χ4n) is 1.24. The summed E-state index contributed by atoms with van der Waals surface area (Å²) in [6.45, 7) is -0.775. The van der Waals surface area contributed by atoms with E-state index in [-0.39, 0.29) is 15.8 Å². The summed E-state index contributed by atoms with van der Waals surface area (Å²) in [6.07, 6.45) is 0. The lowest BCUT2D eigenvalue weighted by atomic mass is 10.3. The van der Waals surface area contributed by atoms with Crippen LogP contribution in [-0.4, -0.2) is 39.8 Å². The van der Waals surface area contributed by atoms with Gasteiger partial charge in [-0.25, -0.2) is 9.59 Å². The smallest absolute Gasteiger partial charge is 0.328 e. The third-order valence-electron chi connectivity index (χ3n) is 2.19. The average molecular weight is 348 g/mol. The summed E-state index contributed by atoms with van der Waals surface area (Å²) in [5.74, 6) is -1.40. The van der Waals surface area contributed by atoms with Crippen molar-refractivity contribution in [2.75, 3.05) is 11.9 Å². The molecule has 1 aromatic carbocycles. The third-order valence-corrected chi connectivity index (χ3v) is 2.86. The van der Waals surface area contributed by atoms with E-state index in [0.717, 1.165) is 6.07 Å². The Balaban J connectivity index is 2.78. The summed E-state index contributed by atoms with van der Waals surface area (Å²) < 4.78 is 0.243. The SMILES string of the molecule is O=C(Nc1ccc(Br)c([N+](=O)[O-])c1)NC(CO)C(=O)O. The molecular weight excluding hydrogens is 338 g/mol. The fraction of sp³-hybridized carbons (Fsp3) is 0.200. The molecule has 10 heteroatoms. The predicted octanol–water partition coefficient (Wildman–Crippen LogP) is 0.924. The Morgan fingerprint density at radius 1 is 1.45 bits per heavy atom. The molecule has 2 amide bonds. The van der Waals surface area contributed by atoms with Gasteiger partial charge in [-0.2, -0.15) is 0 Å². The van der Waals surface area contributed by atoms with Crippen molar-refractivity contribution in [1.29, 1.82) is 0 Å². The van der Waals surface area contributed by atoms with Crippen LogP contribution in [0.15, 0.2) is 22.7 Å². The minimum Gasteiger partial charge on any atom is -0.480 e. The van der Waals surface area contributed by atoms with E-state index < -0.39 is 29.6 Å². The van der Waals surface area contributed by atoms with Crippen molar-refractivity contribution in [2.45, 2.75) is 6.04 Å². The summed E-state index contributed by atoms with van der Waals surface area (Å²) in [6, 6.07) is 1.52. The van der Waals surface area contributed by atoms with Crippen LogP contribution in [0.4, 0.5) is 16.2 Å². The van der Waals surface area contributed by atoms with E-state index in [1.807, 2.05) is 5.32 Å². The highest BCUT2D eigenvalue weighted by Gasteiger charge is 2.19. The van der Waals surface area contributed by atoms with E-state index >= 15 is 0 Å². The molecule has 1 aromatic rings. The van der Waals surface area contributed by atoms with Gasteiger partial charge in [0.1, 0.15) is 0 Å².